The summed E-state index contributed by atoms with van der Waals surface area (Å²) >= 11 is 0. The van der Waals surface area contributed by atoms with E-state index in [1.807, 2.05) is 0 Å². The van der Waals surface area contributed by atoms with Gasteiger partial charge in [0, 0.05) is 0 Å². The van der Waals surface area contributed by atoms with Gasteiger partial charge in [0.1, 0.15) is 16.0 Å². The first-order valence-corrected chi connectivity index (χ1v) is 7.34. The number of hydrogen-bond acceptors (Lipinski definition) is 1. The number of halogens is 1. The first kappa shape index (κ1) is 10.6. The number of nitrogens with zero attached hydrogens (tertiary/aromatic N) is 1. The van der Waals surface area contributed by atoms with Crippen LogP contribution in [0.1, 0.15) is 46.0 Å². The summed E-state index contributed by atoms with van der Waals surface area (Å²) < 4.78 is 15.7. The molecule has 2 aliphatic rings. The molecule has 1 heterocycles. The maximum Gasteiger partial charge on any atom is 0.147 e. The second-order valence-corrected chi connectivity index (χ2v) is 8.24. The van der Waals surface area contributed by atoms with E-state index in [4.69, 9.17) is 0 Å². The van der Waals surface area contributed by atoms with Gasteiger partial charge in [-0.2, -0.15) is 0 Å². The zero-order chi connectivity index (χ0) is 10.2. The van der Waals surface area contributed by atoms with Gasteiger partial charge in [0.25, 0.3) is 0 Å². The predicted molar refractivity (Wildman–Crippen MR) is 60.8 cm³/mol. The second-order valence-electron chi connectivity index (χ2n) is 5.49. The van der Waals surface area contributed by atoms with E-state index in [1.165, 1.54) is 19.3 Å². The van der Waals surface area contributed by atoms with Crippen LogP contribution < -0.4 is 0 Å². The minimum Gasteiger partial charge on any atom is -0.301 e. The van der Waals surface area contributed by atoms with Gasteiger partial charge in [-0.25, -0.2) is 4.39 Å². The molecule has 1 saturated heterocycles. The van der Waals surface area contributed by atoms with Crippen LogP contribution in [0.3, 0.4) is 0 Å². The van der Waals surface area contributed by atoms with E-state index in [9.17, 15) is 4.39 Å². The van der Waals surface area contributed by atoms with Crippen molar-refractivity contribution in [2.75, 3.05) is 6.54 Å². The smallest absolute Gasteiger partial charge is 0.147 e. The van der Waals surface area contributed by atoms with E-state index >= 15 is 0 Å². The van der Waals surface area contributed by atoms with Gasteiger partial charge in [-0.3, -0.25) is 0 Å². The van der Waals surface area contributed by atoms with E-state index in [0.717, 1.165) is 25.3 Å². The molecule has 0 radical (unpaired) electrons. The SMILES string of the molecule is CC1CCCC1(C)[SiH2]N1CCCC1F. The van der Waals surface area contributed by atoms with Crippen LogP contribution in [0.25, 0.3) is 0 Å². The molecular formula is C11H22FNSi. The molecule has 0 N–H and O–H groups in total. The summed E-state index contributed by atoms with van der Waals surface area (Å²) in [5.74, 6) is 0.835. The molecule has 0 aromatic heterocycles. The van der Waals surface area contributed by atoms with Crippen LogP contribution >= 0.6 is 0 Å². The molecule has 1 aliphatic carbocycles. The highest BCUT2D eigenvalue weighted by Gasteiger charge is 2.40. The zero-order valence-corrected chi connectivity index (χ0v) is 10.8. The average Bonchev–Trinajstić information content (AvgIpc) is 2.64. The van der Waals surface area contributed by atoms with Crippen molar-refractivity contribution in [2.45, 2.75) is 57.3 Å². The third-order valence-electron chi connectivity index (χ3n) is 4.42. The van der Waals surface area contributed by atoms with Gasteiger partial charge in [0.05, 0.1) is 0 Å². The monoisotopic (exact) mass is 215 g/mol. The highest BCUT2D eigenvalue weighted by Crippen LogP contribution is 2.49. The summed E-state index contributed by atoms with van der Waals surface area (Å²) in [5.41, 5.74) is 0. The Balaban J connectivity index is 1.95. The highest BCUT2D eigenvalue weighted by molar-refractivity contribution is 6.37. The highest BCUT2D eigenvalue weighted by atomic mass is 28.2. The predicted octanol–water partition coefficient (Wildman–Crippen LogP) is 2.46. The molecule has 0 bridgehead atoms. The maximum absolute atomic E-state index is 13.5. The molecule has 0 aromatic rings. The Kier molecular flexibility index (Phi) is 2.98. The molecule has 14 heavy (non-hydrogen) atoms. The third kappa shape index (κ3) is 1.89. The van der Waals surface area contributed by atoms with Gasteiger partial charge in [0.2, 0.25) is 0 Å². The lowest BCUT2D eigenvalue weighted by Crippen LogP contribution is -2.38. The van der Waals surface area contributed by atoms with Crippen LogP contribution in [0.2, 0.25) is 5.04 Å². The topological polar surface area (TPSA) is 3.24 Å². The molecule has 3 unspecified atom stereocenters. The lowest BCUT2D eigenvalue weighted by Gasteiger charge is -2.34. The van der Waals surface area contributed by atoms with Crippen molar-refractivity contribution in [3.63, 3.8) is 0 Å². The Morgan fingerprint density at radius 3 is 2.64 bits per heavy atom. The molecule has 0 amide bonds. The normalized spacial score (nSPS) is 45.6. The Hall–Kier alpha value is 0.107. The first-order chi connectivity index (χ1) is 6.62. The molecule has 2 fully saturated rings. The molecule has 1 saturated carbocycles. The Morgan fingerprint density at radius 1 is 1.36 bits per heavy atom. The molecule has 0 spiro atoms. The van der Waals surface area contributed by atoms with Crippen molar-refractivity contribution in [3.05, 3.63) is 0 Å². The lowest BCUT2D eigenvalue weighted by atomic mass is 9.99. The quantitative estimate of drug-likeness (QED) is 0.505. The van der Waals surface area contributed by atoms with Crippen LogP contribution in [-0.2, 0) is 0 Å². The average molecular weight is 215 g/mol. The summed E-state index contributed by atoms with van der Waals surface area (Å²) in [6.07, 6.45) is 5.37. The zero-order valence-electron chi connectivity index (χ0n) is 9.43. The van der Waals surface area contributed by atoms with Crippen LogP contribution in [0.15, 0.2) is 0 Å². The number of hydrogen-bond donors (Lipinski definition) is 0. The van der Waals surface area contributed by atoms with Crippen molar-refractivity contribution >= 4 is 9.68 Å². The molecule has 2 rings (SSSR count). The number of alkyl halides is 1. The molecule has 3 heteroatoms. The summed E-state index contributed by atoms with van der Waals surface area (Å²) in [4.78, 5) is 0. The van der Waals surface area contributed by atoms with E-state index < -0.39 is 6.30 Å². The van der Waals surface area contributed by atoms with Gasteiger partial charge in [-0.1, -0.05) is 26.7 Å². The van der Waals surface area contributed by atoms with Gasteiger partial charge in [-0.05, 0) is 36.8 Å². The molecule has 1 nitrogen and oxygen atoms in total. The molecular weight excluding hydrogens is 193 g/mol. The van der Waals surface area contributed by atoms with Gasteiger partial charge in [0.15, 0.2) is 0 Å². The second kappa shape index (κ2) is 3.93. The van der Waals surface area contributed by atoms with Crippen molar-refractivity contribution in [3.8, 4) is 0 Å². The molecule has 3 atom stereocenters. The van der Waals surface area contributed by atoms with Gasteiger partial charge >= 0.3 is 0 Å². The first-order valence-electron chi connectivity index (χ1n) is 6.00. The van der Waals surface area contributed by atoms with E-state index in [1.54, 1.807) is 0 Å². The van der Waals surface area contributed by atoms with E-state index in [-0.39, 0.29) is 9.68 Å². The van der Waals surface area contributed by atoms with Gasteiger partial charge < -0.3 is 4.57 Å². The summed E-state index contributed by atoms with van der Waals surface area (Å²) in [6, 6.07) is 0. The Bertz CT molecular complexity index is 211. The van der Waals surface area contributed by atoms with E-state index in [0.29, 0.717) is 5.04 Å². The van der Waals surface area contributed by atoms with Crippen LogP contribution in [0, 0.1) is 5.92 Å². The lowest BCUT2D eigenvalue weighted by molar-refractivity contribution is 0.205. The minimum atomic E-state index is -0.591. The summed E-state index contributed by atoms with van der Waals surface area (Å²) in [7, 11) is -0.369. The molecule has 0 aromatic carbocycles. The standard InChI is InChI=1S/C11H22FNSi/c1-9-5-3-7-11(9,2)14-13-8-4-6-10(13)12/h9-10H,3-8,14H2,1-2H3. The maximum atomic E-state index is 13.5. The Labute approximate surface area is 89.0 Å². The Morgan fingerprint density at radius 2 is 2.14 bits per heavy atom. The van der Waals surface area contributed by atoms with Crippen molar-refractivity contribution < 1.29 is 4.39 Å². The van der Waals surface area contributed by atoms with Crippen molar-refractivity contribution in [1.82, 2.24) is 4.57 Å². The molecule has 1 aliphatic heterocycles. The van der Waals surface area contributed by atoms with Crippen LogP contribution in [-0.4, -0.2) is 27.1 Å². The number of rotatable bonds is 2. The fourth-order valence-corrected chi connectivity index (χ4v) is 5.68. The van der Waals surface area contributed by atoms with Crippen molar-refractivity contribution in [1.29, 1.82) is 0 Å². The fraction of sp³-hybridized carbons (Fsp3) is 1.00. The minimum absolute atomic E-state index is 0.369. The van der Waals surface area contributed by atoms with Gasteiger partial charge in [-0.15, -0.1) is 0 Å². The molecule has 82 valence electrons. The fourth-order valence-electron chi connectivity index (χ4n) is 3.07. The summed E-state index contributed by atoms with van der Waals surface area (Å²) in [6.45, 7) is 5.81. The van der Waals surface area contributed by atoms with Crippen LogP contribution in [0.4, 0.5) is 4.39 Å². The third-order valence-corrected chi connectivity index (χ3v) is 7.31. The largest absolute Gasteiger partial charge is 0.301 e. The van der Waals surface area contributed by atoms with E-state index in [2.05, 4.69) is 18.4 Å². The van der Waals surface area contributed by atoms with Crippen LogP contribution in [0.5, 0.6) is 0 Å². The van der Waals surface area contributed by atoms with Crippen molar-refractivity contribution in [2.24, 2.45) is 5.92 Å². The summed E-state index contributed by atoms with van der Waals surface area (Å²) in [5, 5.41) is 0.522.